The summed E-state index contributed by atoms with van der Waals surface area (Å²) in [6.07, 6.45) is 12.2. The summed E-state index contributed by atoms with van der Waals surface area (Å²) in [6.45, 7) is 8.09. The van der Waals surface area contributed by atoms with Gasteiger partial charge in [0.25, 0.3) is 0 Å². The first-order chi connectivity index (χ1) is 13.2. The van der Waals surface area contributed by atoms with Gasteiger partial charge >= 0.3 is 0 Å². The lowest BCUT2D eigenvalue weighted by atomic mass is 10.1. The van der Waals surface area contributed by atoms with Crippen LogP contribution in [-0.2, 0) is 0 Å². The second-order valence-corrected chi connectivity index (χ2v) is 7.21. The van der Waals surface area contributed by atoms with E-state index in [0.29, 0.717) is 11.7 Å². The van der Waals surface area contributed by atoms with Crippen LogP contribution in [0.2, 0.25) is 0 Å². The molecule has 0 aliphatic carbocycles. The third-order valence-electron chi connectivity index (χ3n) is 4.74. The lowest BCUT2D eigenvalue weighted by Crippen LogP contribution is -2.07. The Morgan fingerprint density at radius 3 is 2.15 bits per heavy atom. The van der Waals surface area contributed by atoms with Crippen LogP contribution in [0.15, 0.2) is 36.7 Å². The highest BCUT2D eigenvalue weighted by Gasteiger charge is 2.04. The first kappa shape index (κ1) is 21.2. The zero-order valence-corrected chi connectivity index (χ0v) is 17.1. The Kier molecular flexibility index (Phi) is 9.67. The summed E-state index contributed by atoms with van der Waals surface area (Å²) in [7, 11) is 0. The van der Waals surface area contributed by atoms with Gasteiger partial charge in [-0.3, -0.25) is 0 Å². The zero-order valence-electron chi connectivity index (χ0n) is 17.1. The van der Waals surface area contributed by atoms with Gasteiger partial charge in [0.2, 0.25) is 0 Å². The maximum atomic E-state index is 5.79. The highest BCUT2D eigenvalue weighted by atomic mass is 16.5. The molecule has 4 nitrogen and oxygen atoms in total. The van der Waals surface area contributed by atoms with E-state index >= 15 is 0 Å². The van der Waals surface area contributed by atoms with Crippen molar-refractivity contribution in [3.05, 3.63) is 36.7 Å². The Hall–Kier alpha value is -2.10. The monoisotopic (exact) mass is 370 g/mol. The average Bonchev–Trinajstić information content (AvgIpc) is 2.72. The highest BCUT2D eigenvalue weighted by molar-refractivity contribution is 5.56. The summed E-state index contributed by atoms with van der Waals surface area (Å²) in [5.74, 6) is 2.89. The van der Waals surface area contributed by atoms with Crippen molar-refractivity contribution in [2.45, 2.75) is 65.7 Å². The second-order valence-electron chi connectivity index (χ2n) is 7.21. The third kappa shape index (κ3) is 7.98. The van der Waals surface area contributed by atoms with Gasteiger partial charge in [0, 0.05) is 5.56 Å². The van der Waals surface area contributed by atoms with Crippen LogP contribution >= 0.6 is 0 Å². The molecular weight excluding hydrogens is 336 g/mol. The summed E-state index contributed by atoms with van der Waals surface area (Å²) in [5.41, 5.74) is 0.980. The van der Waals surface area contributed by atoms with Gasteiger partial charge in [0.15, 0.2) is 11.6 Å². The molecule has 0 N–H and O–H groups in total. The smallest absolute Gasteiger partial charge is 0.159 e. The molecule has 1 unspecified atom stereocenters. The van der Waals surface area contributed by atoms with Gasteiger partial charge in [-0.25, -0.2) is 9.97 Å². The van der Waals surface area contributed by atoms with Crippen molar-refractivity contribution in [1.82, 2.24) is 9.97 Å². The molecule has 0 aliphatic heterocycles. The Morgan fingerprint density at radius 2 is 1.48 bits per heavy atom. The van der Waals surface area contributed by atoms with Crippen molar-refractivity contribution in [2.24, 2.45) is 5.92 Å². The standard InChI is InChI=1S/C23H34N2O2/c1-4-6-7-8-9-10-15-26-22-16-24-23(25-17-22)20-11-13-21(14-12-20)27-18-19(3)5-2/h11-14,16-17,19H,4-10,15,18H2,1-3H3. The molecule has 0 aliphatic rings. The van der Waals surface area contributed by atoms with Crippen LogP contribution in [-0.4, -0.2) is 23.2 Å². The van der Waals surface area contributed by atoms with Crippen molar-refractivity contribution < 1.29 is 9.47 Å². The number of hydrogen-bond acceptors (Lipinski definition) is 4. The Bertz CT molecular complexity index is 626. The predicted octanol–water partition coefficient (Wildman–Crippen LogP) is 6.31. The molecule has 0 saturated carbocycles. The molecule has 2 aromatic rings. The maximum Gasteiger partial charge on any atom is 0.159 e. The van der Waals surface area contributed by atoms with Crippen molar-refractivity contribution in [2.75, 3.05) is 13.2 Å². The molecule has 1 heterocycles. The number of aromatic nitrogens is 2. The predicted molar refractivity (Wildman–Crippen MR) is 111 cm³/mol. The molecule has 0 fully saturated rings. The minimum Gasteiger partial charge on any atom is -0.493 e. The van der Waals surface area contributed by atoms with E-state index in [0.717, 1.165) is 43.1 Å². The van der Waals surface area contributed by atoms with E-state index in [1.165, 1.54) is 32.1 Å². The average molecular weight is 371 g/mol. The second kappa shape index (κ2) is 12.3. The molecule has 0 amide bonds. The van der Waals surface area contributed by atoms with Crippen LogP contribution in [0.5, 0.6) is 11.5 Å². The van der Waals surface area contributed by atoms with Gasteiger partial charge in [-0.05, 0) is 36.6 Å². The van der Waals surface area contributed by atoms with Gasteiger partial charge in [-0.2, -0.15) is 0 Å². The SMILES string of the molecule is CCCCCCCCOc1cnc(-c2ccc(OCC(C)CC)cc2)nc1. The number of rotatable bonds is 13. The van der Waals surface area contributed by atoms with E-state index in [2.05, 4.69) is 30.7 Å². The molecule has 1 aromatic carbocycles. The first-order valence-corrected chi connectivity index (χ1v) is 10.4. The summed E-state index contributed by atoms with van der Waals surface area (Å²) in [4.78, 5) is 8.86. The van der Waals surface area contributed by atoms with Crippen LogP contribution < -0.4 is 9.47 Å². The first-order valence-electron chi connectivity index (χ1n) is 10.4. The lowest BCUT2D eigenvalue weighted by molar-refractivity contribution is 0.256. The molecule has 1 aromatic heterocycles. The van der Waals surface area contributed by atoms with E-state index in [1.807, 2.05) is 24.3 Å². The van der Waals surface area contributed by atoms with Crippen molar-refractivity contribution in [3.63, 3.8) is 0 Å². The highest BCUT2D eigenvalue weighted by Crippen LogP contribution is 2.21. The van der Waals surface area contributed by atoms with Crippen LogP contribution in [0.1, 0.15) is 65.7 Å². The van der Waals surface area contributed by atoms with E-state index in [1.54, 1.807) is 12.4 Å². The summed E-state index contributed by atoms with van der Waals surface area (Å²) in [6, 6.07) is 7.95. The number of ether oxygens (including phenoxy) is 2. The normalized spacial score (nSPS) is 12.0. The van der Waals surface area contributed by atoms with Crippen LogP contribution in [0.3, 0.4) is 0 Å². The molecular formula is C23H34N2O2. The van der Waals surface area contributed by atoms with E-state index in [9.17, 15) is 0 Å². The molecule has 0 spiro atoms. The minimum atomic E-state index is 0.567. The molecule has 4 heteroatoms. The van der Waals surface area contributed by atoms with Gasteiger partial charge in [0.05, 0.1) is 25.6 Å². The van der Waals surface area contributed by atoms with Gasteiger partial charge in [-0.15, -0.1) is 0 Å². The van der Waals surface area contributed by atoms with E-state index in [-0.39, 0.29) is 0 Å². The maximum absolute atomic E-state index is 5.79. The fraction of sp³-hybridized carbons (Fsp3) is 0.565. The van der Waals surface area contributed by atoms with Crippen molar-refractivity contribution >= 4 is 0 Å². The summed E-state index contributed by atoms with van der Waals surface area (Å²) < 4.78 is 11.5. The number of benzene rings is 1. The quantitative estimate of drug-likeness (QED) is 0.388. The molecule has 0 bridgehead atoms. The summed E-state index contributed by atoms with van der Waals surface area (Å²) >= 11 is 0. The fourth-order valence-electron chi connectivity index (χ4n) is 2.67. The van der Waals surface area contributed by atoms with Crippen LogP contribution in [0, 0.1) is 5.92 Å². The number of unbranched alkanes of at least 4 members (excludes halogenated alkanes) is 5. The number of hydrogen-bond donors (Lipinski definition) is 0. The van der Waals surface area contributed by atoms with Crippen molar-refractivity contribution in [1.29, 1.82) is 0 Å². The van der Waals surface area contributed by atoms with E-state index in [4.69, 9.17) is 9.47 Å². The van der Waals surface area contributed by atoms with Gasteiger partial charge < -0.3 is 9.47 Å². The Labute approximate surface area is 164 Å². The minimum absolute atomic E-state index is 0.567. The fourth-order valence-corrected chi connectivity index (χ4v) is 2.67. The zero-order chi connectivity index (χ0) is 19.3. The van der Waals surface area contributed by atoms with Crippen LogP contribution in [0.4, 0.5) is 0 Å². The van der Waals surface area contributed by atoms with Crippen LogP contribution in [0.25, 0.3) is 11.4 Å². The third-order valence-corrected chi connectivity index (χ3v) is 4.74. The largest absolute Gasteiger partial charge is 0.493 e. The molecule has 0 radical (unpaired) electrons. The topological polar surface area (TPSA) is 44.2 Å². The Balaban J connectivity index is 1.75. The molecule has 2 rings (SSSR count). The Morgan fingerprint density at radius 1 is 0.815 bits per heavy atom. The van der Waals surface area contributed by atoms with E-state index < -0.39 is 0 Å². The lowest BCUT2D eigenvalue weighted by Gasteiger charge is -2.11. The molecule has 27 heavy (non-hydrogen) atoms. The molecule has 0 saturated heterocycles. The van der Waals surface area contributed by atoms with Gasteiger partial charge in [-0.1, -0.05) is 59.3 Å². The molecule has 148 valence electrons. The van der Waals surface area contributed by atoms with Crippen molar-refractivity contribution in [3.8, 4) is 22.9 Å². The number of nitrogens with zero attached hydrogens (tertiary/aromatic N) is 2. The van der Waals surface area contributed by atoms with Gasteiger partial charge in [0.1, 0.15) is 5.75 Å². The summed E-state index contributed by atoms with van der Waals surface area (Å²) in [5, 5.41) is 0. The molecule has 1 atom stereocenters.